The Labute approximate surface area is 109 Å². The number of aromatic hydroxyl groups is 1. The van der Waals surface area contributed by atoms with Crippen molar-refractivity contribution in [3.8, 4) is 11.5 Å². The lowest BCUT2D eigenvalue weighted by molar-refractivity contribution is 0.0953. The number of nitrogens with zero attached hydrogens (tertiary/aromatic N) is 2. The van der Waals surface area contributed by atoms with Gasteiger partial charge in [-0.05, 0) is 18.2 Å². The number of rotatable bonds is 5. The highest BCUT2D eigenvalue weighted by atomic mass is 16.5. The first-order valence-electron chi connectivity index (χ1n) is 5.61. The van der Waals surface area contributed by atoms with E-state index in [-0.39, 0.29) is 11.7 Å². The number of methoxy groups -OCH3 is 1. The molecule has 1 aromatic carbocycles. The molecule has 1 heterocycles. The second-order valence-corrected chi connectivity index (χ2v) is 3.73. The number of aromatic nitrogens is 2. The van der Waals surface area contributed by atoms with Gasteiger partial charge in [-0.1, -0.05) is 5.16 Å². The van der Waals surface area contributed by atoms with Gasteiger partial charge in [0.1, 0.15) is 0 Å². The Balaban J connectivity index is 1.91. The lowest BCUT2D eigenvalue weighted by Gasteiger charge is -2.06. The van der Waals surface area contributed by atoms with E-state index in [4.69, 9.17) is 9.26 Å². The molecular weight excluding hydrogens is 250 g/mol. The van der Waals surface area contributed by atoms with Crippen LogP contribution in [0.5, 0.6) is 11.5 Å². The first-order chi connectivity index (χ1) is 9.20. The predicted octanol–water partition coefficient (Wildman–Crippen LogP) is 0.756. The van der Waals surface area contributed by atoms with E-state index in [0.29, 0.717) is 30.2 Å². The lowest BCUT2D eigenvalue weighted by Crippen LogP contribution is -2.25. The van der Waals surface area contributed by atoms with Gasteiger partial charge in [-0.3, -0.25) is 4.79 Å². The van der Waals surface area contributed by atoms with Gasteiger partial charge in [0.05, 0.1) is 7.11 Å². The number of benzene rings is 1. The number of phenolic OH excluding ortho intramolecular Hbond substituents is 1. The summed E-state index contributed by atoms with van der Waals surface area (Å²) in [5.41, 5.74) is 0.351. The van der Waals surface area contributed by atoms with Gasteiger partial charge in [0.25, 0.3) is 5.91 Å². The molecule has 100 valence electrons. The number of hydrogen-bond acceptors (Lipinski definition) is 6. The molecule has 2 rings (SSSR count). The van der Waals surface area contributed by atoms with Gasteiger partial charge >= 0.3 is 0 Å². The number of amides is 1. The van der Waals surface area contributed by atoms with Crippen LogP contribution in [0.2, 0.25) is 0 Å². The Kier molecular flexibility index (Phi) is 3.97. The molecule has 0 saturated carbocycles. The molecule has 7 nitrogen and oxygen atoms in total. The summed E-state index contributed by atoms with van der Waals surface area (Å²) >= 11 is 0. The molecule has 0 aliphatic rings. The third kappa shape index (κ3) is 3.21. The van der Waals surface area contributed by atoms with Crippen molar-refractivity contribution in [1.29, 1.82) is 0 Å². The molecule has 0 unspecified atom stereocenters. The van der Waals surface area contributed by atoms with E-state index in [1.807, 2.05) is 0 Å². The van der Waals surface area contributed by atoms with Crippen LogP contribution in [0.4, 0.5) is 0 Å². The van der Waals surface area contributed by atoms with E-state index in [1.54, 1.807) is 6.07 Å². The summed E-state index contributed by atoms with van der Waals surface area (Å²) in [4.78, 5) is 15.6. The summed E-state index contributed by atoms with van der Waals surface area (Å²) < 4.78 is 9.70. The van der Waals surface area contributed by atoms with Gasteiger partial charge in [0, 0.05) is 18.5 Å². The average molecular weight is 263 g/mol. The van der Waals surface area contributed by atoms with Gasteiger partial charge in [-0.2, -0.15) is 4.98 Å². The zero-order valence-electron chi connectivity index (χ0n) is 10.3. The summed E-state index contributed by atoms with van der Waals surface area (Å²) in [7, 11) is 1.44. The minimum Gasteiger partial charge on any atom is -0.504 e. The molecule has 0 atom stereocenters. The molecule has 0 bridgehead atoms. The topological polar surface area (TPSA) is 97.5 Å². The van der Waals surface area contributed by atoms with Gasteiger partial charge < -0.3 is 19.7 Å². The maximum atomic E-state index is 11.8. The lowest BCUT2D eigenvalue weighted by atomic mass is 10.2. The van der Waals surface area contributed by atoms with Gasteiger partial charge in [0.15, 0.2) is 17.8 Å². The first-order valence-corrected chi connectivity index (χ1v) is 5.61. The Morgan fingerprint density at radius 1 is 1.53 bits per heavy atom. The van der Waals surface area contributed by atoms with Crippen LogP contribution in [0, 0.1) is 0 Å². The van der Waals surface area contributed by atoms with Crippen LogP contribution in [0.1, 0.15) is 16.2 Å². The van der Waals surface area contributed by atoms with Crippen LogP contribution in [-0.4, -0.2) is 34.8 Å². The molecule has 1 amide bonds. The highest BCUT2D eigenvalue weighted by Gasteiger charge is 2.09. The molecule has 19 heavy (non-hydrogen) atoms. The SMILES string of the molecule is COc1ccc(C(=O)NCCc2ncno2)cc1O. The molecule has 2 N–H and O–H groups in total. The van der Waals surface area contributed by atoms with Crippen molar-refractivity contribution >= 4 is 5.91 Å². The van der Waals surface area contributed by atoms with E-state index in [1.165, 1.54) is 25.6 Å². The predicted molar refractivity (Wildman–Crippen MR) is 65.0 cm³/mol. The van der Waals surface area contributed by atoms with Crippen molar-refractivity contribution in [2.75, 3.05) is 13.7 Å². The van der Waals surface area contributed by atoms with Crippen LogP contribution in [0.25, 0.3) is 0 Å². The van der Waals surface area contributed by atoms with Gasteiger partial charge in [-0.25, -0.2) is 0 Å². The Morgan fingerprint density at radius 2 is 2.37 bits per heavy atom. The Morgan fingerprint density at radius 3 is 3.00 bits per heavy atom. The molecule has 7 heteroatoms. The monoisotopic (exact) mass is 263 g/mol. The summed E-state index contributed by atoms with van der Waals surface area (Å²) in [5.74, 6) is 0.407. The van der Waals surface area contributed by atoms with Crippen molar-refractivity contribution in [2.24, 2.45) is 0 Å². The van der Waals surface area contributed by atoms with Crippen LogP contribution in [-0.2, 0) is 6.42 Å². The maximum Gasteiger partial charge on any atom is 0.251 e. The Bertz CT molecular complexity index is 554. The molecule has 0 spiro atoms. The van der Waals surface area contributed by atoms with Crippen molar-refractivity contribution < 1.29 is 19.2 Å². The van der Waals surface area contributed by atoms with Crippen LogP contribution in [0.3, 0.4) is 0 Å². The molecule has 1 aromatic heterocycles. The minimum absolute atomic E-state index is 0.0768. The normalized spacial score (nSPS) is 10.2. The van der Waals surface area contributed by atoms with E-state index in [9.17, 15) is 9.90 Å². The van der Waals surface area contributed by atoms with Crippen molar-refractivity contribution in [1.82, 2.24) is 15.5 Å². The van der Waals surface area contributed by atoms with E-state index in [0.717, 1.165) is 0 Å². The minimum atomic E-state index is -0.294. The molecule has 0 aliphatic heterocycles. The van der Waals surface area contributed by atoms with Gasteiger partial charge in [-0.15, -0.1) is 0 Å². The summed E-state index contributed by atoms with van der Waals surface area (Å²) in [6.07, 6.45) is 1.76. The number of nitrogens with one attached hydrogen (secondary N) is 1. The zero-order valence-corrected chi connectivity index (χ0v) is 10.3. The zero-order chi connectivity index (χ0) is 13.7. The number of ether oxygens (including phenoxy) is 1. The third-order valence-corrected chi connectivity index (χ3v) is 2.47. The fraction of sp³-hybridized carbons (Fsp3) is 0.250. The standard InChI is InChI=1S/C12H13N3O4/c1-18-10-3-2-8(6-9(10)16)12(17)13-5-4-11-14-7-15-19-11/h2-3,6-7,16H,4-5H2,1H3,(H,13,17). The quantitative estimate of drug-likeness (QED) is 0.826. The second kappa shape index (κ2) is 5.85. The summed E-state index contributed by atoms with van der Waals surface area (Å²) in [6, 6.07) is 4.45. The fourth-order valence-electron chi connectivity index (χ4n) is 1.52. The molecule has 0 fully saturated rings. The average Bonchev–Trinajstić information content (AvgIpc) is 2.91. The van der Waals surface area contributed by atoms with Gasteiger partial charge in [0.2, 0.25) is 5.89 Å². The maximum absolute atomic E-state index is 11.8. The van der Waals surface area contributed by atoms with Crippen molar-refractivity contribution in [3.63, 3.8) is 0 Å². The van der Waals surface area contributed by atoms with Crippen LogP contribution >= 0.6 is 0 Å². The number of phenols is 1. The molecule has 0 radical (unpaired) electrons. The van der Waals surface area contributed by atoms with E-state index < -0.39 is 0 Å². The smallest absolute Gasteiger partial charge is 0.251 e. The first kappa shape index (κ1) is 12.9. The van der Waals surface area contributed by atoms with E-state index in [2.05, 4.69) is 15.5 Å². The largest absolute Gasteiger partial charge is 0.504 e. The highest BCUT2D eigenvalue weighted by molar-refractivity contribution is 5.94. The van der Waals surface area contributed by atoms with Crippen LogP contribution in [0.15, 0.2) is 29.0 Å². The fourth-order valence-corrected chi connectivity index (χ4v) is 1.52. The molecule has 2 aromatic rings. The Hall–Kier alpha value is -2.57. The number of hydrogen-bond donors (Lipinski definition) is 2. The second-order valence-electron chi connectivity index (χ2n) is 3.73. The van der Waals surface area contributed by atoms with Crippen molar-refractivity contribution in [2.45, 2.75) is 6.42 Å². The highest BCUT2D eigenvalue weighted by Crippen LogP contribution is 2.25. The number of carbonyl (C=O) groups excluding carboxylic acids is 1. The summed E-state index contributed by atoms with van der Waals surface area (Å²) in [5, 5.41) is 15.7. The van der Waals surface area contributed by atoms with E-state index >= 15 is 0 Å². The summed E-state index contributed by atoms with van der Waals surface area (Å²) in [6.45, 7) is 0.369. The molecule has 0 aliphatic carbocycles. The molecule has 0 saturated heterocycles. The molecular formula is C12H13N3O4. The van der Waals surface area contributed by atoms with Crippen molar-refractivity contribution in [3.05, 3.63) is 36.0 Å². The number of carbonyl (C=O) groups is 1. The van der Waals surface area contributed by atoms with Crippen LogP contribution < -0.4 is 10.1 Å². The third-order valence-electron chi connectivity index (χ3n) is 2.47.